The van der Waals surface area contributed by atoms with Gasteiger partial charge in [0.05, 0.1) is 10.6 Å². The number of aromatic amines is 1. The predicted octanol–water partition coefficient (Wildman–Crippen LogP) is 1.08. The summed E-state index contributed by atoms with van der Waals surface area (Å²) in [5.74, 6) is -0.0641. The van der Waals surface area contributed by atoms with Crippen LogP contribution < -0.4 is 15.2 Å². The summed E-state index contributed by atoms with van der Waals surface area (Å²) in [6.07, 6.45) is 1.92. The SMILES string of the molecule is CC(=O)N1CCc2cc(S(=O)(=O)Nc3ccc(=O)[nH]c3)ccc21. The number of rotatable bonds is 3. The van der Waals surface area contributed by atoms with E-state index in [2.05, 4.69) is 9.71 Å². The minimum Gasteiger partial charge on any atom is -0.327 e. The largest absolute Gasteiger partial charge is 0.327 e. The van der Waals surface area contributed by atoms with Crippen molar-refractivity contribution in [2.24, 2.45) is 0 Å². The molecule has 1 aromatic carbocycles. The van der Waals surface area contributed by atoms with Gasteiger partial charge in [-0.05, 0) is 36.2 Å². The van der Waals surface area contributed by atoms with Crippen molar-refractivity contribution >= 4 is 27.3 Å². The Kier molecular flexibility index (Phi) is 3.69. The van der Waals surface area contributed by atoms with Gasteiger partial charge in [0, 0.05) is 31.4 Å². The molecule has 2 aromatic rings. The molecular weight excluding hydrogens is 318 g/mol. The second-order valence-corrected chi connectivity index (χ2v) is 6.94. The minimum atomic E-state index is -3.76. The van der Waals surface area contributed by atoms with Crippen molar-refractivity contribution < 1.29 is 13.2 Å². The van der Waals surface area contributed by atoms with Crippen LogP contribution in [0.1, 0.15) is 12.5 Å². The van der Waals surface area contributed by atoms with E-state index in [1.54, 1.807) is 17.0 Å². The molecule has 1 aromatic heterocycles. The molecule has 23 heavy (non-hydrogen) atoms. The number of pyridine rings is 1. The molecule has 0 unspecified atom stereocenters. The molecule has 0 fully saturated rings. The number of hydrogen-bond donors (Lipinski definition) is 2. The Morgan fingerprint density at radius 1 is 1.26 bits per heavy atom. The lowest BCUT2D eigenvalue weighted by molar-refractivity contribution is -0.116. The van der Waals surface area contributed by atoms with Crippen molar-refractivity contribution in [3.05, 3.63) is 52.4 Å². The number of anilines is 2. The Morgan fingerprint density at radius 2 is 2.04 bits per heavy atom. The minimum absolute atomic E-state index is 0.0641. The van der Waals surface area contributed by atoms with Crippen molar-refractivity contribution in [2.45, 2.75) is 18.2 Å². The molecule has 0 aliphatic carbocycles. The number of hydrogen-bond acceptors (Lipinski definition) is 4. The number of nitrogens with one attached hydrogen (secondary N) is 2. The lowest BCUT2D eigenvalue weighted by Crippen LogP contribution is -2.25. The molecule has 7 nitrogen and oxygen atoms in total. The van der Waals surface area contributed by atoms with E-state index in [9.17, 15) is 18.0 Å². The summed E-state index contributed by atoms with van der Waals surface area (Å²) in [6.45, 7) is 2.04. The third-order valence-electron chi connectivity index (χ3n) is 3.67. The topological polar surface area (TPSA) is 99.3 Å². The fourth-order valence-corrected chi connectivity index (χ4v) is 3.66. The van der Waals surface area contributed by atoms with E-state index in [0.29, 0.717) is 13.0 Å². The van der Waals surface area contributed by atoms with Gasteiger partial charge in [0.2, 0.25) is 11.5 Å². The van der Waals surface area contributed by atoms with Gasteiger partial charge >= 0.3 is 0 Å². The molecular formula is C15H15N3O4S. The van der Waals surface area contributed by atoms with Crippen LogP contribution in [0.5, 0.6) is 0 Å². The van der Waals surface area contributed by atoms with Gasteiger partial charge in [-0.15, -0.1) is 0 Å². The Bertz CT molecular complexity index is 913. The van der Waals surface area contributed by atoms with Gasteiger partial charge in [-0.3, -0.25) is 14.3 Å². The molecule has 1 amide bonds. The number of H-pyrrole nitrogens is 1. The molecule has 120 valence electrons. The number of benzene rings is 1. The molecule has 0 spiro atoms. The summed E-state index contributed by atoms with van der Waals surface area (Å²) in [7, 11) is -3.76. The zero-order valence-electron chi connectivity index (χ0n) is 12.4. The first-order valence-electron chi connectivity index (χ1n) is 6.99. The summed E-state index contributed by atoms with van der Waals surface area (Å²) in [5.41, 5.74) is 1.54. The molecule has 0 saturated heterocycles. The Hall–Kier alpha value is -2.61. The van der Waals surface area contributed by atoms with E-state index in [4.69, 9.17) is 0 Å². The summed E-state index contributed by atoms with van der Waals surface area (Å²) < 4.78 is 27.2. The number of nitrogens with zero attached hydrogens (tertiary/aromatic N) is 1. The number of fused-ring (bicyclic) bond motifs is 1. The van der Waals surface area contributed by atoms with E-state index < -0.39 is 10.0 Å². The second-order valence-electron chi connectivity index (χ2n) is 5.26. The van der Waals surface area contributed by atoms with E-state index in [1.807, 2.05) is 0 Å². The summed E-state index contributed by atoms with van der Waals surface area (Å²) >= 11 is 0. The lowest BCUT2D eigenvalue weighted by Gasteiger charge is -2.15. The zero-order valence-corrected chi connectivity index (χ0v) is 13.2. The van der Waals surface area contributed by atoms with Crippen LogP contribution in [0, 0.1) is 0 Å². The standard InChI is InChI=1S/C15H15N3O4S/c1-10(19)18-7-6-11-8-13(3-4-14(11)18)23(21,22)17-12-2-5-15(20)16-9-12/h2-5,8-9,17H,6-7H2,1H3,(H,16,20). The van der Waals surface area contributed by atoms with Gasteiger partial charge in [-0.25, -0.2) is 8.42 Å². The van der Waals surface area contributed by atoms with Crippen LogP contribution >= 0.6 is 0 Å². The molecule has 0 saturated carbocycles. The Labute approximate surface area is 133 Å². The highest BCUT2D eigenvalue weighted by Crippen LogP contribution is 2.30. The fraction of sp³-hybridized carbons (Fsp3) is 0.200. The molecule has 0 radical (unpaired) electrons. The number of amides is 1. The maximum absolute atomic E-state index is 12.4. The monoisotopic (exact) mass is 333 g/mol. The molecule has 2 heterocycles. The first-order valence-corrected chi connectivity index (χ1v) is 8.48. The van der Waals surface area contributed by atoms with Crippen LogP contribution in [-0.2, 0) is 21.2 Å². The van der Waals surface area contributed by atoms with Gasteiger partial charge in [-0.1, -0.05) is 0 Å². The Morgan fingerprint density at radius 3 is 2.70 bits per heavy atom. The maximum atomic E-state index is 12.4. The van der Waals surface area contributed by atoms with Crippen molar-refractivity contribution in [1.29, 1.82) is 0 Å². The molecule has 3 rings (SSSR count). The fourth-order valence-electron chi connectivity index (χ4n) is 2.56. The molecule has 8 heteroatoms. The predicted molar refractivity (Wildman–Crippen MR) is 86.0 cm³/mol. The normalized spacial score (nSPS) is 13.7. The van der Waals surface area contributed by atoms with E-state index in [1.165, 1.54) is 31.3 Å². The average molecular weight is 333 g/mol. The molecule has 0 atom stereocenters. The summed E-state index contributed by atoms with van der Waals surface area (Å²) in [5, 5.41) is 0. The van der Waals surface area contributed by atoms with Crippen LogP contribution in [0.3, 0.4) is 0 Å². The smallest absolute Gasteiger partial charge is 0.261 e. The quantitative estimate of drug-likeness (QED) is 0.878. The average Bonchev–Trinajstić information content (AvgIpc) is 2.92. The van der Waals surface area contributed by atoms with E-state index in [-0.39, 0.29) is 22.0 Å². The van der Waals surface area contributed by atoms with Crippen molar-refractivity contribution in [1.82, 2.24) is 4.98 Å². The van der Waals surface area contributed by atoms with E-state index >= 15 is 0 Å². The first kappa shape index (κ1) is 15.3. The van der Waals surface area contributed by atoms with Crippen LogP contribution in [0.15, 0.2) is 46.2 Å². The van der Waals surface area contributed by atoms with Crippen LogP contribution in [0.2, 0.25) is 0 Å². The van der Waals surface area contributed by atoms with Gasteiger partial charge in [0.1, 0.15) is 0 Å². The third-order valence-corrected chi connectivity index (χ3v) is 5.05. The second kappa shape index (κ2) is 5.54. The lowest BCUT2D eigenvalue weighted by atomic mass is 10.2. The maximum Gasteiger partial charge on any atom is 0.261 e. The summed E-state index contributed by atoms with van der Waals surface area (Å²) in [4.78, 5) is 26.7. The van der Waals surface area contributed by atoms with Crippen LogP contribution in [0.25, 0.3) is 0 Å². The molecule has 1 aliphatic heterocycles. The number of carbonyl (C=O) groups excluding carboxylic acids is 1. The molecule has 2 N–H and O–H groups in total. The zero-order chi connectivity index (χ0) is 16.6. The van der Waals surface area contributed by atoms with Crippen molar-refractivity contribution in [3.8, 4) is 0 Å². The molecule has 1 aliphatic rings. The highest BCUT2D eigenvalue weighted by molar-refractivity contribution is 7.92. The highest BCUT2D eigenvalue weighted by atomic mass is 32.2. The third kappa shape index (κ3) is 2.98. The number of aromatic nitrogens is 1. The first-order chi connectivity index (χ1) is 10.9. The van der Waals surface area contributed by atoms with Crippen molar-refractivity contribution in [2.75, 3.05) is 16.2 Å². The van der Waals surface area contributed by atoms with Crippen LogP contribution in [-0.4, -0.2) is 25.9 Å². The molecule has 0 bridgehead atoms. The van der Waals surface area contributed by atoms with Crippen molar-refractivity contribution in [3.63, 3.8) is 0 Å². The number of carbonyl (C=O) groups is 1. The summed E-state index contributed by atoms with van der Waals surface area (Å²) in [6, 6.07) is 7.32. The van der Waals surface area contributed by atoms with Gasteiger partial charge in [-0.2, -0.15) is 0 Å². The Balaban J connectivity index is 1.91. The van der Waals surface area contributed by atoms with Gasteiger partial charge in [0.15, 0.2) is 0 Å². The van der Waals surface area contributed by atoms with E-state index in [0.717, 1.165) is 11.3 Å². The number of sulfonamides is 1. The van der Waals surface area contributed by atoms with Crippen LogP contribution in [0.4, 0.5) is 11.4 Å². The highest BCUT2D eigenvalue weighted by Gasteiger charge is 2.24. The van der Waals surface area contributed by atoms with Gasteiger partial charge in [0.25, 0.3) is 10.0 Å². The van der Waals surface area contributed by atoms with Gasteiger partial charge < -0.3 is 9.88 Å².